The van der Waals surface area contributed by atoms with Crippen molar-refractivity contribution in [1.29, 1.82) is 0 Å². The van der Waals surface area contributed by atoms with Gasteiger partial charge in [-0.2, -0.15) is 0 Å². The molecule has 2 saturated carbocycles. The minimum Gasteiger partial charge on any atom is -0.0625 e. The van der Waals surface area contributed by atoms with Gasteiger partial charge in [-0.1, -0.05) is 40.0 Å². The fourth-order valence-corrected chi connectivity index (χ4v) is 4.21. The maximum Gasteiger partial charge on any atom is -0.0357 e. The van der Waals surface area contributed by atoms with Crippen molar-refractivity contribution >= 4 is 0 Å². The van der Waals surface area contributed by atoms with Gasteiger partial charge in [0.1, 0.15) is 0 Å². The molecular weight excluding hydrogens is 168 g/mol. The summed E-state index contributed by atoms with van der Waals surface area (Å²) in [5.41, 5.74) is 0. The molecular formula is C14H26. The lowest BCUT2D eigenvalue weighted by atomic mass is 9.60. The highest BCUT2D eigenvalue weighted by atomic mass is 14.4. The average Bonchev–Trinajstić information content (AvgIpc) is 2.18. The summed E-state index contributed by atoms with van der Waals surface area (Å²) < 4.78 is 0. The molecule has 0 aromatic heterocycles. The van der Waals surface area contributed by atoms with Gasteiger partial charge in [0.25, 0.3) is 0 Å². The molecule has 0 N–H and O–H groups in total. The lowest BCUT2D eigenvalue weighted by molar-refractivity contribution is 0.0442. The second kappa shape index (κ2) is 4.24. The molecule has 0 heteroatoms. The van der Waals surface area contributed by atoms with Crippen LogP contribution in [0.15, 0.2) is 0 Å². The fraction of sp³-hybridized carbons (Fsp3) is 1.00. The highest BCUT2D eigenvalue weighted by Gasteiger charge is 2.38. The zero-order chi connectivity index (χ0) is 10.1. The molecule has 2 rings (SSSR count). The Balaban J connectivity index is 2.03. The minimum absolute atomic E-state index is 0.910. The van der Waals surface area contributed by atoms with E-state index in [1.165, 1.54) is 32.1 Å². The Morgan fingerprint density at radius 1 is 0.929 bits per heavy atom. The number of hydrogen-bond acceptors (Lipinski definition) is 0. The highest BCUT2D eigenvalue weighted by molar-refractivity contribution is 4.88. The quantitative estimate of drug-likeness (QED) is 0.577. The van der Waals surface area contributed by atoms with Gasteiger partial charge in [-0.15, -0.1) is 0 Å². The van der Waals surface area contributed by atoms with Crippen LogP contribution in [-0.2, 0) is 0 Å². The van der Waals surface area contributed by atoms with Crippen molar-refractivity contribution < 1.29 is 0 Å². The first-order chi connectivity index (χ1) is 6.70. The van der Waals surface area contributed by atoms with Crippen molar-refractivity contribution in [3.05, 3.63) is 0 Å². The van der Waals surface area contributed by atoms with Gasteiger partial charge in [0.05, 0.1) is 0 Å². The van der Waals surface area contributed by atoms with Crippen molar-refractivity contribution in [2.75, 3.05) is 0 Å². The van der Waals surface area contributed by atoms with E-state index in [0.29, 0.717) is 0 Å². The monoisotopic (exact) mass is 194 g/mol. The third-order valence-electron chi connectivity index (χ3n) is 5.05. The van der Waals surface area contributed by atoms with Crippen LogP contribution in [0.3, 0.4) is 0 Å². The smallest absolute Gasteiger partial charge is 0.0357 e. The van der Waals surface area contributed by atoms with Gasteiger partial charge in [-0.25, -0.2) is 0 Å². The van der Waals surface area contributed by atoms with Crippen molar-refractivity contribution in [2.45, 2.75) is 59.3 Å². The predicted octanol–water partition coefficient (Wildman–Crippen LogP) is 4.49. The number of hydrogen-bond donors (Lipinski definition) is 0. The molecule has 0 amide bonds. The summed E-state index contributed by atoms with van der Waals surface area (Å²) in [7, 11) is 0. The van der Waals surface area contributed by atoms with Gasteiger partial charge in [0, 0.05) is 0 Å². The predicted molar refractivity (Wildman–Crippen MR) is 62.2 cm³/mol. The molecule has 0 radical (unpaired) electrons. The van der Waals surface area contributed by atoms with E-state index >= 15 is 0 Å². The van der Waals surface area contributed by atoms with Crippen molar-refractivity contribution in [1.82, 2.24) is 0 Å². The maximum absolute atomic E-state index is 2.53. The second-order valence-electron chi connectivity index (χ2n) is 6.05. The van der Waals surface area contributed by atoms with Crippen molar-refractivity contribution in [3.8, 4) is 0 Å². The normalized spacial score (nSPS) is 43.7. The fourth-order valence-electron chi connectivity index (χ4n) is 4.21. The largest absolute Gasteiger partial charge is 0.0625 e. The highest BCUT2D eigenvalue weighted by Crippen LogP contribution is 2.48. The van der Waals surface area contributed by atoms with Crippen LogP contribution in [0.1, 0.15) is 59.3 Å². The molecule has 0 aromatic rings. The zero-order valence-electron chi connectivity index (χ0n) is 10.1. The van der Waals surface area contributed by atoms with E-state index in [-0.39, 0.29) is 0 Å². The van der Waals surface area contributed by atoms with Crippen LogP contribution in [-0.4, -0.2) is 0 Å². The van der Waals surface area contributed by atoms with Gasteiger partial charge in [-0.3, -0.25) is 0 Å². The van der Waals surface area contributed by atoms with E-state index in [1.54, 1.807) is 6.42 Å². The molecule has 0 aromatic carbocycles. The van der Waals surface area contributed by atoms with Crippen LogP contribution in [0.4, 0.5) is 0 Å². The Labute approximate surface area is 89.5 Å². The summed E-state index contributed by atoms with van der Waals surface area (Å²) in [5, 5.41) is 0. The molecule has 82 valence electrons. The molecule has 0 bridgehead atoms. The van der Waals surface area contributed by atoms with E-state index < -0.39 is 0 Å². The summed E-state index contributed by atoms with van der Waals surface area (Å²) in [6.07, 6.45) is 9.16. The summed E-state index contributed by atoms with van der Waals surface area (Å²) in [5.74, 6) is 5.13. The summed E-state index contributed by atoms with van der Waals surface area (Å²) >= 11 is 0. The molecule has 4 unspecified atom stereocenters. The third kappa shape index (κ3) is 1.85. The SMILES string of the molecule is CC(C)C1CCC2CCCCC2C1C. The Kier molecular flexibility index (Phi) is 3.19. The van der Waals surface area contributed by atoms with Gasteiger partial charge in [-0.05, 0) is 48.9 Å². The molecule has 0 saturated heterocycles. The van der Waals surface area contributed by atoms with Crippen LogP contribution in [0.2, 0.25) is 0 Å². The first-order valence-corrected chi connectivity index (χ1v) is 6.70. The Morgan fingerprint density at radius 2 is 1.64 bits per heavy atom. The summed E-state index contributed by atoms with van der Waals surface area (Å²) in [4.78, 5) is 0. The lowest BCUT2D eigenvalue weighted by Gasteiger charge is -2.45. The topological polar surface area (TPSA) is 0 Å². The van der Waals surface area contributed by atoms with E-state index in [0.717, 1.165) is 29.6 Å². The molecule has 0 heterocycles. The van der Waals surface area contributed by atoms with Crippen LogP contribution >= 0.6 is 0 Å². The van der Waals surface area contributed by atoms with Crippen LogP contribution in [0.25, 0.3) is 0 Å². The first-order valence-electron chi connectivity index (χ1n) is 6.70. The van der Waals surface area contributed by atoms with Crippen LogP contribution in [0, 0.1) is 29.6 Å². The van der Waals surface area contributed by atoms with E-state index in [1.807, 2.05) is 0 Å². The van der Waals surface area contributed by atoms with Gasteiger partial charge < -0.3 is 0 Å². The standard InChI is InChI=1S/C14H26/c1-10(2)13-9-8-12-6-4-5-7-14(12)11(13)3/h10-14H,4-9H2,1-3H3. The second-order valence-corrected chi connectivity index (χ2v) is 6.05. The molecule has 0 spiro atoms. The molecule has 0 nitrogen and oxygen atoms in total. The molecule has 2 aliphatic carbocycles. The molecule has 4 atom stereocenters. The maximum atomic E-state index is 2.53. The first kappa shape index (κ1) is 10.5. The average molecular weight is 194 g/mol. The molecule has 2 aliphatic rings. The molecule has 0 aliphatic heterocycles. The van der Waals surface area contributed by atoms with Crippen LogP contribution < -0.4 is 0 Å². The molecule has 14 heavy (non-hydrogen) atoms. The van der Waals surface area contributed by atoms with Gasteiger partial charge >= 0.3 is 0 Å². The van der Waals surface area contributed by atoms with E-state index in [4.69, 9.17) is 0 Å². The summed E-state index contributed by atoms with van der Waals surface area (Å²) in [6.45, 7) is 7.38. The Hall–Kier alpha value is 0. The van der Waals surface area contributed by atoms with Crippen molar-refractivity contribution in [2.24, 2.45) is 29.6 Å². The Bertz CT molecular complexity index is 182. The number of fused-ring (bicyclic) bond motifs is 1. The lowest BCUT2D eigenvalue weighted by Crippen LogP contribution is -2.37. The van der Waals surface area contributed by atoms with Crippen LogP contribution in [0.5, 0.6) is 0 Å². The van der Waals surface area contributed by atoms with Crippen molar-refractivity contribution in [3.63, 3.8) is 0 Å². The Morgan fingerprint density at radius 3 is 2.36 bits per heavy atom. The molecule has 2 fully saturated rings. The third-order valence-corrected chi connectivity index (χ3v) is 5.05. The van der Waals surface area contributed by atoms with Gasteiger partial charge in [0.15, 0.2) is 0 Å². The minimum atomic E-state index is 0.910. The van der Waals surface area contributed by atoms with E-state index in [9.17, 15) is 0 Å². The van der Waals surface area contributed by atoms with E-state index in [2.05, 4.69) is 20.8 Å². The zero-order valence-corrected chi connectivity index (χ0v) is 10.1. The number of rotatable bonds is 1. The summed E-state index contributed by atoms with van der Waals surface area (Å²) in [6, 6.07) is 0. The van der Waals surface area contributed by atoms with Gasteiger partial charge in [0.2, 0.25) is 0 Å².